The molecule has 1 aromatic carbocycles. The highest BCUT2D eigenvalue weighted by Gasteiger charge is 2.20. The van der Waals surface area contributed by atoms with Gasteiger partial charge in [0.1, 0.15) is 0 Å². The molecule has 0 saturated carbocycles. The molecule has 1 unspecified atom stereocenters. The first-order valence-electron chi connectivity index (χ1n) is 8.93. The Balaban J connectivity index is 1.86. The van der Waals surface area contributed by atoms with Crippen LogP contribution >= 0.6 is 0 Å². The lowest BCUT2D eigenvalue weighted by Crippen LogP contribution is -2.37. The van der Waals surface area contributed by atoms with Crippen LogP contribution in [0.25, 0.3) is 0 Å². The summed E-state index contributed by atoms with van der Waals surface area (Å²) in [5.74, 6) is 1.22. The fourth-order valence-corrected chi connectivity index (χ4v) is 3.24. The van der Waals surface area contributed by atoms with Crippen molar-refractivity contribution in [1.29, 1.82) is 0 Å². The van der Waals surface area contributed by atoms with E-state index in [0.717, 1.165) is 38.9 Å². The summed E-state index contributed by atoms with van der Waals surface area (Å²) in [6.07, 6.45) is 2.95. The van der Waals surface area contributed by atoms with Gasteiger partial charge in [-0.3, -0.25) is 0 Å². The van der Waals surface area contributed by atoms with Crippen molar-refractivity contribution in [3.8, 4) is 17.2 Å². The van der Waals surface area contributed by atoms with E-state index >= 15 is 0 Å². The fraction of sp³-hybridized carbons (Fsp3) is 0.632. The van der Waals surface area contributed by atoms with E-state index in [-0.39, 0.29) is 6.61 Å². The van der Waals surface area contributed by atoms with Gasteiger partial charge >= 0.3 is 5.97 Å². The van der Waals surface area contributed by atoms with Gasteiger partial charge in [-0.2, -0.15) is 0 Å². The molecule has 1 aliphatic rings. The summed E-state index contributed by atoms with van der Waals surface area (Å²) in [7, 11) is 4.52. The lowest BCUT2D eigenvalue weighted by molar-refractivity contribution is 0.0474. The molecular formula is C19H29NO6. The summed E-state index contributed by atoms with van der Waals surface area (Å²) < 4.78 is 21.1. The highest BCUT2D eigenvalue weighted by Crippen LogP contribution is 2.38. The Morgan fingerprint density at radius 1 is 1.19 bits per heavy atom. The largest absolute Gasteiger partial charge is 0.493 e. The molecule has 7 nitrogen and oxygen atoms in total. The maximum atomic E-state index is 12.3. The number of rotatable bonds is 9. The van der Waals surface area contributed by atoms with E-state index in [1.807, 2.05) is 0 Å². The number of carbonyl (C=O) groups is 1. The first-order chi connectivity index (χ1) is 12.6. The molecule has 1 aromatic rings. The monoisotopic (exact) mass is 367 g/mol. The van der Waals surface area contributed by atoms with Crippen molar-refractivity contribution in [2.45, 2.75) is 19.3 Å². The Labute approximate surface area is 154 Å². The standard InChI is InChI=1S/C19H29NO6/c1-23-16-10-15(11-17(24-2)18(16)25-3)19(22)26-9-5-8-20-7-4-6-14(12-20)13-21/h10-11,14,21H,4-9,12-13H2,1-3H3. The van der Waals surface area contributed by atoms with Gasteiger partial charge in [-0.25, -0.2) is 4.79 Å². The summed E-state index contributed by atoms with van der Waals surface area (Å²) in [5, 5.41) is 9.28. The topological polar surface area (TPSA) is 77.5 Å². The van der Waals surface area contributed by atoms with E-state index in [4.69, 9.17) is 18.9 Å². The fourth-order valence-electron chi connectivity index (χ4n) is 3.24. The van der Waals surface area contributed by atoms with Gasteiger partial charge < -0.3 is 29.0 Å². The molecule has 0 bridgehead atoms. The summed E-state index contributed by atoms with van der Waals surface area (Å²) >= 11 is 0. The highest BCUT2D eigenvalue weighted by molar-refractivity contribution is 5.91. The summed E-state index contributed by atoms with van der Waals surface area (Å²) in [4.78, 5) is 14.6. The third-order valence-electron chi connectivity index (χ3n) is 4.61. The maximum Gasteiger partial charge on any atom is 0.338 e. The minimum Gasteiger partial charge on any atom is -0.493 e. The smallest absolute Gasteiger partial charge is 0.338 e. The zero-order valence-corrected chi connectivity index (χ0v) is 15.8. The van der Waals surface area contributed by atoms with Crippen molar-refractivity contribution < 1.29 is 28.8 Å². The lowest BCUT2D eigenvalue weighted by atomic mass is 9.99. The molecule has 0 spiro atoms. The molecule has 0 radical (unpaired) electrons. The third kappa shape index (κ3) is 5.25. The first-order valence-corrected chi connectivity index (χ1v) is 8.93. The van der Waals surface area contributed by atoms with Gasteiger partial charge in [0, 0.05) is 19.7 Å². The van der Waals surface area contributed by atoms with Crippen molar-refractivity contribution in [2.24, 2.45) is 5.92 Å². The number of ether oxygens (including phenoxy) is 4. The van der Waals surface area contributed by atoms with Crippen molar-refractivity contribution in [3.63, 3.8) is 0 Å². The van der Waals surface area contributed by atoms with E-state index in [1.165, 1.54) is 21.3 Å². The molecule has 7 heteroatoms. The van der Waals surface area contributed by atoms with Gasteiger partial charge in [-0.1, -0.05) is 0 Å². The average molecular weight is 367 g/mol. The number of hydrogen-bond acceptors (Lipinski definition) is 7. The number of hydrogen-bond donors (Lipinski definition) is 1. The number of aliphatic hydroxyl groups is 1. The summed E-state index contributed by atoms with van der Waals surface area (Å²) in [5.41, 5.74) is 0.359. The number of nitrogens with zero attached hydrogens (tertiary/aromatic N) is 1. The van der Waals surface area contributed by atoms with E-state index in [1.54, 1.807) is 12.1 Å². The van der Waals surface area contributed by atoms with Crippen LogP contribution in [0.15, 0.2) is 12.1 Å². The van der Waals surface area contributed by atoms with Gasteiger partial charge in [-0.05, 0) is 43.9 Å². The molecular weight excluding hydrogens is 338 g/mol. The molecule has 1 fully saturated rings. The average Bonchev–Trinajstić information content (AvgIpc) is 2.69. The number of methoxy groups -OCH3 is 3. The highest BCUT2D eigenvalue weighted by atomic mass is 16.5. The summed E-state index contributed by atoms with van der Waals surface area (Å²) in [6.45, 7) is 3.40. The van der Waals surface area contributed by atoms with Crippen LogP contribution in [0.4, 0.5) is 0 Å². The molecule has 1 N–H and O–H groups in total. The van der Waals surface area contributed by atoms with Crippen LogP contribution in [-0.2, 0) is 4.74 Å². The SMILES string of the molecule is COc1cc(C(=O)OCCCN2CCCC(CO)C2)cc(OC)c1OC. The first kappa shape index (κ1) is 20.3. The number of aliphatic hydroxyl groups excluding tert-OH is 1. The van der Waals surface area contributed by atoms with Crippen LogP contribution in [0.5, 0.6) is 17.2 Å². The normalized spacial score (nSPS) is 17.6. The number of carbonyl (C=O) groups excluding carboxylic acids is 1. The quantitative estimate of drug-likeness (QED) is 0.528. The van der Waals surface area contributed by atoms with Gasteiger partial charge in [0.15, 0.2) is 11.5 Å². The Morgan fingerprint density at radius 2 is 1.88 bits per heavy atom. The van der Waals surface area contributed by atoms with Crippen molar-refractivity contribution in [1.82, 2.24) is 4.90 Å². The molecule has 1 heterocycles. The molecule has 2 rings (SSSR count). The van der Waals surface area contributed by atoms with Gasteiger partial charge in [0.2, 0.25) is 5.75 Å². The van der Waals surface area contributed by atoms with Crippen LogP contribution in [-0.4, -0.2) is 70.2 Å². The molecule has 0 aliphatic carbocycles. The molecule has 0 aromatic heterocycles. The van der Waals surface area contributed by atoms with Gasteiger partial charge in [-0.15, -0.1) is 0 Å². The maximum absolute atomic E-state index is 12.3. The molecule has 146 valence electrons. The van der Waals surface area contributed by atoms with E-state index in [0.29, 0.717) is 35.3 Å². The van der Waals surface area contributed by atoms with E-state index < -0.39 is 5.97 Å². The Morgan fingerprint density at radius 3 is 2.46 bits per heavy atom. The predicted octanol–water partition coefficient (Wildman–Crippen LogP) is 1.96. The second-order valence-electron chi connectivity index (χ2n) is 6.39. The second-order valence-corrected chi connectivity index (χ2v) is 6.39. The van der Waals surface area contributed by atoms with E-state index in [9.17, 15) is 9.90 Å². The Hall–Kier alpha value is -1.99. The third-order valence-corrected chi connectivity index (χ3v) is 4.61. The Kier molecular flexibility index (Phi) is 8.00. The molecule has 0 amide bonds. The van der Waals surface area contributed by atoms with Crippen LogP contribution < -0.4 is 14.2 Å². The van der Waals surface area contributed by atoms with E-state index in [2.05, 4.69) is 4.90 Å². The van der Waals surface area contributed by atoms with Crippen molar-refractivity contribution in [2.75, 3.05) is 54.2 Å². The van der Waals surface area contributed by atoms with Gasteiger partial charge in [0.25, 0.3) is 0 Å². The Bertz CT molecular complexity index is 566. The molecule has 1 aliphatic heterocycles. The molecule has 1 saturated heterocycles. The predicted molar refractivity (Wildman–Crippen MR) is 97.2 cm³/mol. The van der Waals surface area contributed by atoms with Crippen LogP contribution in [0.3, 0.4) is 0 Å². The van der Waals surface area contributed by atoms with Crippen molar-refractivity contribution >= 4 is 5.97 Å². The van der Waals surface area contributed by atoms with Crippen molar-refractivity contribution in [3.05, 3.63) is 17.7 Å². The second kappa shape index (κ2) is 10.2. The lowest BCUT2D eigenvalue weighted by Gasteiger charge is -2.31. The minimum atomic E-state index is -0.420. The molecule has 1 atom stereocenters. The number of likely N-dealkylation sites (tertiary alicyclic amines) is 1. The summed E-state index contributed by atoms with van der Waals surface area (Å²) in [6, 6.07) is 3.17. The van der Waals surface area contributed by atoms with Gasteiger partial charge in [0.05, 0.1) is 33.5 Å². The zero-order valence-electron chi connectivity index (χ0n) is 15.8. The molecule has 26 heavy (non-hydrogen) atoms. The van der Waals surface area contributed by atoms with Crippen LogP contribution in [0.2, 0.25) is 0 Å². The number of benzene rings is 1. The minimum absolute atomic E-state index is 0.243. The number of esters is 1. The van der Waals surface area contributed by atoms with Crippen LogP contribution in [0.1, 0.15) is 29.6 Å². The number of piperidine rings is 1. The zero-order chi connectivity index (χ0) is 18.9. The van der Waals surface area contributed by atoms with Crippen LogP contribution in [0, 0.1) is 5.92 Å².